The number of aliphatic imine (C=N–C) groups is 1. The Morgan fingerprint density at radius 2 is 2.07 bits per heavy atom. The minimum atomic E-state index is 0. The first-order valence-electron chi connectivity index (χ1n) is 10.1. The molecule has 2 atom stereocenters. The van der Waals surface area contributed by atoms with E-state index in [2.05, 4.69) is 49.3 Å². The summed E-state index contributed by atoms with van der Waals surface area (Å²) in [5, 5.41) is 6.87. The van der Waals surface area contributed by atoms with Gasteiger partial charge in [-0.25, -0.2) is 4.99 Å². The van der Waals surface area contributed by atoms with Crippen LogP contribution in [-0.2, 0) is 0 Å². The summed E-state index contributed by atoms with van der Waals surface area (Å²) in [4.78, 5) is 7.26. The van der Waals surface area contributed by atoms with Gasteiger partial charge in [0.2, 0.25) is 0 Å². The number of hydrogen-bond donors (Lipinski definition) is 2. The number of nitrogens with zero attached hydrogens (tertiary/aromatic N) is 2. The van der Waals surface area contributed by atoms with Crippen molar-refractivity contribution in [2.45, 2.75) is 46.6 Å². The topological polar surface area (TPSA) is 48.9 Å². The fraction of sp³-hybridized carbons (Fsp3) is 0.667. The molecule has 0 aromatic heterocycles. The third-order valence-corrected chi connectivity index (χ3v) is 4.88. The molecule has 0 aliphatic carbocycles. The molecular weight excluding hydrogens is 451 g/mol. The van der Waals surface area contributed by atoms with Gasteiger partial charge in [-0.05, 0) is 64.3 Å². The second-order valence-corrected chi connectivity index (χ2v) is 7.20. The fourth-order valence-corrected chi connectivity index (χ4v) is 3.35. The van der Waals surface area contributed by atoms with Gasteiger partial charge < -0.3 is 20.3 Å². The van der Waals surface area contributed by atoms with E-state index in [1.807, 2.05) is 18.2 Å². The van der Waals surface area contributed by atoms with Crippen LogP contribution >= 0.6 is 24.0 Å². The van der Waals surface area contributed by atoms with E-state index in [0.29, 0.717) is 12.5 Å². The van der Waals surface area contributed by atoms with Crippen LogP contribution in [0.2, 0.25) is 0 Å². The molecule has 2 N–H and O–H groups in total. The third-order valence-electron chi connectivity index (χ3n) is 4.88. The van der Waals surface area contributed by atoms with E-state index in [1.54, 1.807) is 0 Å². The Bertz CT molecular complexity index is 567. The lowest BCUT2D eigenvalue weighted by Crippen LogP contribution is -2.44. The van der Waals surface area contributed by atoms with Gasteiger partial charge in [-0.15, -0.1) is 24.0 Å². The van der Waals surface area contributed by atoms with Crippen molar-refractivity contribution >= 4 is 29.9 Å². The molecule has 27 heavy (non-hydrogen) atoms. The molecule has 0 saturated carbocycles. The molecule has 2 rings (SSSR count). The highest BCUT2D eigenvalue weighted by atomic mass is 127. The number of nitrogens with one attached hydrogen (secondary N) is 2. The van der Waals surface area contributed by atoms with E-state index in [-0.39, 0.29) is 30.1 Å². The number of aryl methyl sites for hydroxylation is 1. The molecule has 0 bridgehead atoms. The summed E-state index contributed by atoms with van der Waals surface area (Å²) >= 11 is 0. The zero-order chi connectivity index (χ0) is 18.8. The zero-order valence-electron chi connectivity index (χ0n) is 17.3. The van der Waals surface area contributed by atoms with Crippen LogP contribution in [0.1, 0.15) is 39.2 Å². The SMILES string of the molecule is CCNC(=NCC(C)Oc1ccccc1C)NCC1CCCN(CC)C1.I. The molecule has 154 valence electrons. The molecule has 0 amide bonds. The van der Waals surface area contributed by atoms with E-state index in [9.17, 15) is 0 Å². The monoisotopic (exact) mass is 488 g/mol. The number of piperidine rings is 1. The van der Waals surface area contributed by atoms with Crippen molar-refractivity contribution in [2.75, 3.05) is 39.3 Å². The Balaban J connectivity index is 0.00000364. The van der Waals surface area contributed by atoms with E-state index in [0.717, 1.165) is 36.9 Å². The molecule has 6 heteroatoms. The van der Waals surface area contributed by atoms with Gasteiger partial charge in [0.1, 0.15) is 11.9 Å². The first-order valence-corrected chi connectivity index (χ1v) is 10.1. The van der Waals surface area contributed by atoms with Gasteiger partial charge in [0.15, 0.2) is 5.96 Å². The van der Waals surface area contributed by atoms with Crippen LogP contribution in [0.15, 0.2) is 29.3 Å². The first-order chi connectivity index (χ1) is 12.6. The average molecular weight is 488 g/mol. The Kier molecular flexibility index (Phi) is 11.7. The normalized spacial score (nSPS) is 19.1. The van der Waals surface area contributed by atoms with Crippen molar-refractivity contribution in [2.24, 2.45) is 10.9 Å². The molecular formula is C21H37IN4O. The van der Waals surface area contributed by atoms with Crippen LogP contribution in [0.3, 0.4) is 0 Å². The van der Waals surface area contributed by atoms with Gasteiger partial charge in [0, 0.05) is 19.6 Å². The van der Waals surface area contributed by atoms with Crippen molar-refractivity contribution in [3.8, 4) is 5.75 Å². The minimum absolute atomic E-state index is 0. The van der Waals surface area contributed by atoms with Crippen molar-refractivity contribution in [3.05, 3.63) is 29.8 Å². The molecule has 1 aromatic carbocycles. The van der Waals surface area contributed by atoms with Crippen LogP contribution in [-0.4, -0.2) is 56.2 Å². The van der Waals surface area contributed by atoms with Crippen molar-refractivity contribution in [1.29, 1.82) is 0 Å². The predicted molar refractivity (Wildman–Crippen MR) is 126 cm³/mol. The number of ether oxygens (including phenoxy) is 1. The summed E-state index contributed by atoms with van der Waals surface area (Å²) in [6, 6.07) is 8.12. The Morgan fingerprint density at radius 1 is 1.30 bits per heavy atom. The number of rotatable bonds is 8. The predicted octanol–water partition coefficient (Wildman–Crippen LogP) is 3.67. The van der Waals surface area contributed by atoms with Crippen LogP contribution < -0.4 is 15.4 Å². The number of likely N-dealkylation sites (tertiary alicyclic amines) is 1. The zero-order valence-corrected chi connectivity index (χ0v) is 19.7. The Labute approximate surface area is 182 Å². The van der Waals surface area contributed by atoms with Crippen molar-refractivity contribution in [1.82, 2.24) is 15.5 Å². The third kappa shape index (κ3) is 8.68. The lowest BCUT2D eigenvalue weighted by Gasteiger charge is -2.32. The quantitative estimate of drug-likeness (QED) is 0.333. The summed E-state index contributed by atoms with van der Waals surface area (Å²) < 4.78 is 6.03. The number of benzene rings is 1. The number of guanidine groups is 1. The van der Waals surface area contributed by atoms with Gasteiger partial charge in [-0.3, -0.25) is 0 Å². The molecule has 1 aromatic rings. The molecule has 1 saturated heterocycles. The maximum atomic E-state index is 6.03. The van der Waals surface area contributed by atoms with E-state index < -0.39 is 0 Å². The van der Waals surface area contributed by atoms with E-state index in [4.69, 9.17) is 9.73 Å². The maximum absolute atomic E-state index is 6.03. The van der Waals surface area contributed by atoms with Gasteiger partial charge in [0.05, 0.1) is 6.54 Å². The highest BCUT2D eigenvalue weighted by Crippen LogP contribution is 2.18. The number of para-hydroxylation sites is 1. The summed E-state index contributed by atoms with van der Waals surface area (Å²) in [6.45, 7) is 14.6. The highest BCUT2D eigenvalue weighted by molar-refractivity contribution is 14.0. The van der Waals surface area contributed by atoms with E-state index >= 15 is 0 Å². The Morgan fingerprint density at radius 3 is 2.78 bits per heavy atom. The molecule has 1 aliphatic heterocycles. The van der Waals surface area contributed by atoms with Crippen LogP contribution in [0.5, 0.6) is 5.75 Å². The lowest BCUT2D eigenvalue weighted by molar-refractivity contribution is 0.183. The molecule has 2 unspecified atom stereocenters. The molecule has 1 aliphatic rings. The average Bonchev–Trinajstić information content (AvgIpc) is 2.66. The van der Waals surface area contributed by atoms with E-state index in [1.165, 1.54) is 25.9 Å². The summed E-state index contributed by atoms with van der Waals surface area (Å²) in [7, 11) is 0. The molecule has 1 heterocycles. The standard InChI is InChI=1S/C21H36N4O.HI/c1-5-22-21(24-15-19-11-9-13-25(6-2)16-19)23-14-18(4)26-20-12-8-7-10-17(20)3;/h7-8,10,12,18-19H,5-6,9,11,13-16H2,1-4H3,(H2,22,23,24);1H. The smallest absolute Gasteiger partial charge is 0.191 e. The van der Waals surface area contributed by atoms with Crippen molar-refractivity contribution in [3.63, 3.8) is 0 Å². The number of halogens is 1. The highest BCUT2D eigenvalue weighted by Gasteiger charge is 2.18. The van der Waals surface area contributed by atoms with Crippen molar-refractivity contribution < 1.29 is 4.74 Å². The molecule has 1 fully saturated rings. The minimum Gasteiger partial charge on any atom is -0.489 e. The van der Waals surface area contributed by atoms with Gasteiger partial charge in [-0.1, -0.05) is 25.1 Å². The first kappa shape index (κ1) is 24.0. The second-order valence-electron chi connectivity index (χ2n) is 7.20. The maximum Gasteiger partial charge on any atom is 0.191 e. The molecule has 0 radical (unpaired) electrons. The van der Waals surface area contributed by atoms with Crippen LogP contribution in [0.25, 0.3) is 0 Å². The number of hydrogen-bond acceptors (Lipinski definition) is 3. The van der Waals surface area contributed by atoms with Gasteiger partial charge in [-0.2, -0.15) is 0 Å². The largest absolute Gasteiger partial charge is 0.489 e. The molecule has 5 nitrogen and oxygen atoms in total. The Hall–Kier alpha value is -1.02. The van der Waals surface area contributed by atoms with Gasteiger partial charge in [0.25, 0.3) is 0 Å². The lowest BCUT2D eigenvalue weighted by atomic mass is 9.98. The van der Waals surface area contributed by atoms with Gasteiger partial charge >= 0.3 is 0 Å². The second kappa shape index (κ2) is 13.2. The summed E-state index contributed by atoms with van der Waals surface area (Å²) in [5.41, 5.74) is 1.16. The molecule has 0 spiro atoms. The summed E-state index contributed by atoms with van der Waals surface area (Å²) in [6.07, 6.45) is 2.64. The van der Waals surface area contributed by atoms with Crippen LogP contribution in [0, 0.1) is 12.8 Å². The van der Waals surface area contributed by atoms with Crippen LogP contribution in [0.4, 0.5) is 0 Å². The fourth-order valence-electron chi connectivity index (χ4n) is 3.35. The summed E-state index contributed by atoms with van der Waals surface area (Å²) in [5.74, 6) is 2.53.